The van der Waals surface area contributed by atoms with Crippen LogP contribution in [-0.4, -0.2) is 16.8 Å². The molecule has 0 aliphatic rings. The normalized spacial score (nSPS) is 10.8. The summed E-state index contributed by atoms with van der Waals surface area (Å²) in [6.45, 7) is 2.80. The summed E-state index contributed by atoms with van der Waals surface area (Å²) in [5.41, 5.74) is 2.66. The molecule has 2 aromatic rings. The molecule has 2 rings (SSSR count). The molecule has 1 aromatic carbocycles. The lowest BCUT2D eigenvalue weighted by Gasteiger charge is -2.08. The summed E-state index contributed by atoms with van der Waals surface area (Å²) < 4.78 is 15.4. The molecule has 0 saturated carbocycles. The second-order valence-electron chi connectivity index (χ2n) is 3.86. The summed E-state index contributed by atoms with van der Waals surface area (Å²) in [5, 5.41) is 7.36. The summed E-state index contributed by atoms with van der Waals surface area (Å²) in [6.07, 6.45) is 2.62. The van der Waals surface area contributed by atoms with E-state index in [1.807, 2.05) is 20.0 Å². The van der Waals surface area contributed by atoms with Crippen molar-refractivity contribution >= 4 is 0 Å². The molecule has 90 valence electrons. The van der Waals surface area contributed by atoms with E-state index in [0.29, 0.717) is 5.69 Å². The summed E-state index contributed by atoms with van der Waals surface area (Å²) >= 11 is 0. The average Bonchev–Trinajstić information content (AvgIpc) is 2.73. The van der Waals surface area contributed by atoms with Gasteiger partial charge in [-0.2, -0.15) is 5.10 Å². The van der Waals surface area contributed by atoms with Crippen LogP contribution in [0.25, 0.3) is 5.69 Å². The number of rotatable bonds is 4. The SMILES string of the molecule is CCc1c(CNC)cnn1-c1ccccc1F. The van der Waals surface area contributed by atoms with Gasteiger partial charge >= 0.3 is 0 Å². The Kier molecular flexibility index (Phi) is 3.54. The minimum Gasteiger partial charge on any atom is -0.316 e. The van der Waals surface area contributed by atoms with Gasteiger partial charge in [-0.1, -0.05) is 19.1 Å². The van der Waals surface area contributed by atoms with Crippen LogP contribution in [0.15, 0.2) is 30.5 Å². The van der Waals surface area contributed by atoms with E-state index in [2.05, 4.69) is 10.4 Å². The van der Waals surface area contributed by atoms with Gasteiger partial charge in [0.1, 0.15) is 11.5 Å². The Balaban J connectivity index is 2.49. The van der Waals surface area contributed by atoms with Gasteiger partial charge in [0.25, 0.3) is 0 Å². The van der Waals surface area contributed by atoms with Crippen LogP contribution in [0.2, 0.25) is 0 Å². The molecule has 4 heteroatoms. The molecule has 17 heavy (non-hydrogen) atoms. The molecule has 0 radical (unpaired) electrons. The fourth-order valence-corrected chi connectivity index (χ4v) is 1.95. The molecule has 1 aromatic heterocycles. The van der Waals surface area contributed by atoms with Crippen molar-refractivity contribution in [1.29, 1.82) is 0 Å². The van der Waals surface area contributed by atoms with Crippen molar-refractivity contribution in [3.05, 3.63) is 47.5 Å². The van der Waals surface area contributed by atoms with Crippen LogP contribution in [0.5, 0.6) is 0 Å². The summed E-state index contributed by atoms with van der Waals surface area (Å²) in [4.78, 5) is 0. The predicted molar refractivity (Wildman–Crippen MR) is 65.7 cm³/mol. The van der Waals surface area contributed by atoms with Gasteiger partial charge in [0.05, 0.1) is 6.20 Å². The first kappa shape index (κ1) is 11.8. The van der Waals surface area contributed by atoms with Crippen LogP contribution >= 0.6 is 0 Å². The van der Waals surface area contributed by atoms with Gasteiger partial charge in [0, 0.05) is 17.8 Å². The van der Waals surface area contributed by atoms with Gasteiger partial charge in [0.2, 0.25) is 0 Å². The highest BCUT2D eigenvalue weighted by Crippen LogP contribution is 2.18. The monoisotopic (exact) mass is 233 g/mol. The maximum absolute atomic E-state index is 13.7. The molecule has 0 saturated heterocycles. The van der Waals surface area contributed by atoms with E-state index in [9.17, 15) is 4.39 Å². The Morgan fingerprint density at radius 1 is 1.35 bits per heavy atom. The molecule has 0 aliphatic carbocycles. The molecule has 0 aliphatic heterocycles. The molecular formula is C13H16FN3. The van der Waals surface area contributed by atoms with Gasteiger partial charge in [-0.05, 0) is 25.6 Å². The Labute approximate surface area is 100 Å². The third kappa shape index (κ3) is 2.22. The molecule has 0 atom stereocenters. The summed E-state index contributed by atoms with van der Waals surface area (Å²) in [5.74, 6) is -0.249. The van der Waals surface area contributed by atoms with Gasteiger partial charge < -0.3 is 5.32 Å². The zero-order valence-electron chi connectivity index (χ0n) is 10.1. The van der Waals surface area contributed by atoms with E-state index >= 15 is 0 Å². The van der Waals surface area contributed by atoms with E-state index in [0.717, 1.165) is 24.2 Å². The molecule has 0 bridgehead atoms. The van der Waals surface area contributed by atoms with Crippen LogP contribution in [0.4, 0.5) is 4.39 Å². The van der Waals surface area contributed by atoms with Crippen molar-refractivity contribution in [2.75, 3.05) is 7.05 Å². The highest BCUT2D eigenvalue weighted by Gasteiger charge is 2.12. The van der Waals surface area contributed by atoms with Crippen LogP contribution in [0.1, 0.15) is 18.2 Å². The Bertz CT molecular complexity index is 505. The molecule has 0 unspecified atom stereocenters. The lowest BCUT2D eigenvalue weighted by molar-refractivity contribution is 0.606. The van der Waals surface area contributed by atoms with Crippen molar-refractivity contribution in [1.82, 2.24) is 15.1 Å². The average molecular weight is 233 g/mol. The smallest absolute Gasteiger partial charge is 0.148 e. The van der Waals surface area contributed by atoms with Crippen molar-refractivity contribution in [2.45, 2.75) is 19.9 Å². The van der Waals surface area contributed by atoms with Crippen LogP contribution in [0.3, 0.4) is 0 Å². The standard InChI is InChI=1S/C13H16FN3/c1-3-12-10(8-15-2)9-16-17(12)13-7-5-4-6-11(13)14/h4-7,9,15H,3,8H2,1-2H3. The van der Waals surface area contributed by atoms with Gasteiger partial charge in [-0.15, -0.1) is 0 Å². The first-order valence-electron chi connectivity index (χ1n) is 5.73. The summed E-state index contributed by atoms with van der Waals surface area (Å²) in [6, 6.07) is 6.69. The molecule has 1 N–H and O–H groups in total. The molecule has 0 fully saturated rings. The van der Waals surface area contributed by atoms with E-state index in [4.69, 9.17) is 0 Å². The maximum atomic E-state index is 13.7. The van der Waals surface area contributed by atoms with Crippen LogP contribution in [0, 0.1) is 5.82 Å². The quantitative estimate of drug-likeness (QED) is 0.878. The molecule has 0 spiro atoms. The number of aromatic nitrogens is 2. The maximum Gasteiger partial charge on any atom is 0.148 e. The topological polar surface area (TPSA) is 29.9 Å². The predicted octanol–water partition coefficient (Wildman–Crippen LogP) is 2.29. The van der Waals surface area contributed by atoms with Crippen molar-refractivity contribution in [3.63, 3.8) is 0 Å². The number of para-hydroxylation sites is 1. The highest BCUT2D eigenvalue weighted by molar-refractivity contribution is 5.36. The highest BCUT2D eigenvalue weighted by atomic mass is 19.1. The van der Waals surface area contributed by atoms with Crippen LogP contribution < -0.4 is 5.32 Å². The van der Waals surface area contributed by atoms with E-state index in [-0.39, 0.29) is 5.82 Å². The van der Waals surface area contributed by atoms with Crippen molar-refractivity contribution in [3.8, 4) is 5.69 Å². The van der Waals surface area contributed by atoms with Crippen molar-refractivity contribution in [2.24, 2.45) is 0 Å². The van der Waals surface area contributed by atoms with E-state index in [1.54, 1.807) is 23.0 Å². The summed E-state index contributed by atoms with van der Waals surface area (Å²) in [7, 11) is 1.89. The lowest BCUT2D eigenvalue weighted by Crippen LogP contribution is -2.09. The second kappa shape index (κ2) is 5.10. The Morgan fingerprint density at radius 3 is 2.76 bits per heavy atom. The van der Waals surface area contributed by atoms with Gasteiger partial charge in [0.15, 0.2) is 0 Å². The minimum atomic E-state index is -0.249. The van der Waals surface area contributed by atoms with E-state index < -0.39 is 0 Å². The first-order chi connectivity index (χ1) is 8.27. The number of benzene rings is 1. The molecule has 1 heterocycles. The van der Waals surface area contributed by atoms with Gasteiger partial charge in [-0.3, -0.25) is 0 Å². The fraction of sp³-hybridized carbons (Fsp3) is 0.308. The Morgan fingerprint density at radius 2 is 2.12 bits per heavy atom. The van der Waals surface area contributed by atoms with Gasteiger partial charge in [-0.25, -0.2) is 9.07 Å². The number of halogens is 1. The molecule has 3 nitrogen and oxygen atoms in total. The number of nitrogens with zero attached hydrogens (tertiary/aromatic N) is 2. The third-order valence-corrected chi connectivity index (χ3v) is 2.74. The third-order valence-electron chi connectivity index (χ3n) is 2.74. The molecular weight excluding hydrogens is 217 g/mol. The molecule has 0 amide bonds. The fourth-order valence-electron chi connectivity index (χ4n) is 1.95. The van der Waals surface area contributed by atoms with Crippen molar-refractivity contribution < 1.29 is 4.39 Å². The first-order valence-corrected chi connectivity index (χ1v) is 5.73. The zero-order valence-corrected chi connectivity index (χ0v) is 10.1. The number of nitrogens with one attached hydrogen (secondary N) is 1. The zero-order chi connectivity index (χ0) is 12.3. The largest absolute Gasteiger partial charge is 0.316 e. The second-order valence-corrected chi connectivity index (χ2v) is 3.86. The lowest BCUT2D eigenvalue weighted by atomic mass is 10.2. The Hall–Kier alpha value is -1.68. The minimum absolute atomic E-state index is 0.249. The van der Waals surface area contributed by atoms with E-state index in [1.165, 1.54) is 6.07 Å². The number of hydrogen-bond donors (Lipinski definition) is 1. The van der Waals surface area contributed by atoms with Crippen LogP contribution in [-0.2, 0) is 13.0 Å². The number of hydrogen-bond acceptors (Lipinski definition) is 2.